The molecule has 5 nitrogen and oxygen atoms in total. The molecule has 7 heteroatoms. The van der Waals surface area contributed by atoms with Crippen LogP contribution in [0.2, 0.25) is 10.0 Å². The minimum Gasteiger partial charge on any atom is -0.388 e. The van der Waals surface area contributed by atoms with Gasteiger partial charge in [0.05, 0.1) is 5.60 Å². The average Bonchev–Trinajstić information content (AvgIpc) is 2.42. The summed E-state index contributed by atoms with van der Waals surface area (Å²) in [7, 11) is 0. The van der Waals surface area contributed by atoms with E-state index in [1.165, 1.54) is 18.2 Å². The zero-order chi connectivity index (χ0) is 16.9. The fourth-order valence-corrected chi connectivity index (χ4v) is 2.29. The Kier molecular flexibility index (Phi) is 6.66. The Balaban J connectivity index is 2.61. The van der Waals surface area contributed by atoms with E-state index in [0.29, 0.717) is 15.7 Å². The van der Waals surface area contributed by atoms with Crippen LogP contribution in [0.15, 0.2) is 18.2 Å². The molecule has 1 rings (SSSR count). The van der Waals surface area contributed by atoms with Gasteiger partial charge in [-0.2, -0.15) is 0 Å². The van der Waals surface area contributed by atoms with Crippen LogP contribution in [0.1, 0.15) is 27.2 Å². The monoisotopic (exact) mass is 346 g/mol. The number of hydrogen-bond donors (Lipinski definition) is 3. The smallest absolute Gasteiger partial charge is 0.313 e. The molecule has 22 heavy (non-hydrogen) atoms. The van der Waals surface area contributed by atoms with E-state index in [0.717, 1.165) is 6.42 Å². The number of rotatable bonds is 5. The van der Waals surface area contributed by atoms with Gasteiger partial charge < -0.3 is 15.7 Å². The van der Waals surface area contributed by atoms with Crippen molar-refractivity contribution in [2.24, 2.45) is 5.92 Å². The Hall–Kier alpha value is -1.30. The summed E-state index contributed by atoms with van der Waals surface area (Å²) in [5.74, 6) is -1.69. The lowest BCUT2D eigenvalue weighted by Gasteiger charge is -2.29. The van der Waals surface area contributed by atoms with Crippen molar-refractivity contribution in [3.8, 4) is 0 Å². The van der Waals surface area contributed by atoms with E-state index in [4.69, 9.17) is 23.2 Å². The third kappa shape index (κ3) is 5.48. The molecule has 0 saturated heterocycles. The van der Waals surface area contributed by atoms with Crippen molar-refractivity contribution in [2.75, 3.05) is 11.9 Å². The summed E-state index contributed by atoms with van der Waals surface area (Å²) in [4.78, 5) is 23.6. The maximum atomic E-state index is 11.8. The summed E-state index contributed by atoms with van der Waals surface area (Å²) in [5, 5.41) is 15.7. The molecule has 0 aliphatic rings. The lowest BCUT2D eigenvalue weighted by molar-refractivity contribution is -0.137. The first kappa shape index (κ1) is 18.7. The molecule has 0 heterocycles. The zero-order valence-corrected chi connectivity index (χ0v) is 14.3. The SMILES string of the molecule is CCC(C)C(C)(O)CNC(=O)C(=O)Nc1cc(Cl)cc(Cl)c1. The molecule has 0 saturated carbocycles. The molecule has 3 N–H and O–H groups in total. The number of halogens is 2. The largest absolute Gasteiger partial charge is 0.388 e. The highest BCUT2D eigenvalue weighted by molar-refractivity contribution is 6.40. The van der Waals surface area contributed by atoms with Crippen molar-refractivity contribution in [3.63, 3.8) is 0 Å². The standard InChI is InChI=1S/C15H20Cl2N2O3/c1-4-9(2)15(3,22)8-18-13(20)14(21)19-12-6-10(16)5-11(17)7-12/h5-7,9,22H,4,8H2,1-3H3,(H,18,20)(H,19,21). The maximum Gasteiger partial charge on any atom is 0.313 e. The van der Waals surface area contributed by atoms with Crippen LogP contribution in [0, 0.1) is 5.92 Å². The Morgan fingerprint density at radius 1 is 1.23 bits per heavy atom. The van der Waals surface area contributed by atoms with E-state index >= 15 is 0 Å². The van der Waals surface area contributed by atoms with Crippen molar-refractivity contribution < 1.29 is 14.7 Å². The second kappa shape index (κ2) is 7.81. The summed E-state index contributed by atoms with van der Waals surface area (Å²) < 4.78 is 0. The Morgan fingerprint density at radius 2 is 1.77 bits per heavy atom. The summed E-state index contributed by atoms with van der Waals surface area (Å²) >= 11 is 11.6. The van der Waals surface area contributed by atoms with E-state index < -0.39 is 17.4 Å². The minimum absolute atomic E-state index is 0.00936. The highest BCUT2D eigenvalue weighted by atomic mass is 35.5. The minimum atomic E-state index is -1.08. The third-order valence-corrected chi connectivity index (χ3v) is 4.04. The van der Waals surface area contributed by atoms with Crippen molar-refractivity contribution in [2.45, 2.75) is 32.8 Å². The van der Waals surface area contributed by atoms with Gasteiger partial charge in [0, 0.05) is 22.3 Å². The first-order valence-corrected chi connectivity index (χ1v) is 7.69. The maximum absolute atomic E-state index is 11.8. The summed E-state index contributed by atoms with van der Waals surface area (Å²) in [6, 6.07) is 4.48. The van der Waals surface area contributed by atoms with Crippen molar-refractivity contribution in [1.29, 1.82) is 0 Å². The second-order valence-corrected chi connectivity index (χ2v) is 6.33. The Morgan fingerprint density at radius 3 is 2.27 bits per heavy atom. The Labute approximate surface area is 140 Å². The average molecular weight is 347 g/mol. The van der Waals surface area contributed by atoms with E-state index in [1.54, 1.807) is 6.92 Å². The molecule has 2 amide bonds. The van der Waals surface area contributed by atoms with Crippen LogP contribution in [-0.2, 0) is 9.59 Å². The first-order chi connectivity index (χ1) is 10.2. The van der Waals surface area contributed by atoms with Gasteiger partial charge >= 0.3 is 11.8 Å². The van der Waals surface area contributed by atoms with Crippen molar-refractivity contribution in [1.82, 2.24) is 5.32 Å². The van der Waals surface area contributed by atoms with Crippen LogP contribution in [0.25, 0.3) is 0 Å². The molecule has 2 unspecified atom stereocenters. The summed E-state index contributed by atoms with van der Waals surface area (Å²) in [6.45, 7) is 5.43. The molecule has 0 bridgehead atoms. The number of amides is 2. The Bertz CT molecular complexity index is 541. The number of carbonyl (C=O) groups is 2. The molecular weight excluding hydrogens is 327 g/mol. The predicted octanol–water partition coefficient (Wildman–Crippen LogP) is 2.85. The number of hydrogen-bond acceptors (Lipinski definition) is 3. The molecule has 0 fully saturated rings. The van der Waals surface area contributed by atoms with Gasteiger partial charge in [-0.1, -0.05) is 43.5 Å². The molecule has 2 atom stereocenters. The number of anilines is 1. The van der Waals surface area contributed by atoms with Gasteiger partial charge in [0.15, 0.2) is 0 Å². The van der Waals surface area contributed by atoms with Crippen LogP contribution in [0.4, 0.5) is 5.69 Å². The van der Waals surface area contributed by atoms with Crippen LogP contribution in [0.3, 0.4) is 0 Å². The fourth-order valence-electron chi connectivity index (χ4n) is 1.77. The van der Waals surface area contributed by atoms with E-state index in [2.05, 4.69) is 10.6 Å². The van der Waals surface area contributed by atoms with Gasteiger partial charge in [-0.25, -0.2) is 0 Å². The van der Waals surface area contributed by atoms with Gasteiger partial charge in [0.1, 0.15) is 0 Å². The number of benzene rings is 1. The highest BCUT2D eigenvalue weighted by Gasteiger charge is 2.28. The lowest BCUT2D eigenvalue weighted by atomic mass is 9.89. The molecule has 0 aromatic heterocycles. The predicted molar refractivity (Wildman–Crippen MR) is 88.2 cm³/mol. The molecule has 0 spiro atoms. The lowest BCUT2D eigenvalue weighted by Crippen LogP contribution is -2.47. The van der Waals surface area contributed by atoms with E-state index in [9.17, 15) is 14.7 Å². The third-order valence-electron chi connectivity index (χ3n) is 3.61. The van der Waals surface area contributed by atoms with E-state index in [-0.39, 0.29) is 12.5 Å². The van der Waals surface area contributed by atoms with Gasteiger partial charge in [0.2, 0.25) is 0 Å². The van der Waals surface area contributed by atoms with Crippen molar-refractivity contribution in [3.05, 3.63) is 28.2 Å². The van der Waals surface area contributed by atoms with Gasteiger partial charge in [0.25, 0.3) is 0 Å². The van der Waals surface area contributed by atoms with Crippen LogP contribution in [-0.4, -0.2) is 29.1 Å². The number of aliphatic hydroxyl groups is 1. The van der Waals surface area contributed by atoms with Gasteiger partial charge in [-0.3, -0.25) is 9.59 Å². The molecule has 1 aromatic carbocycles. The number of nitrogens with one attached hydrogen (secondary N) is 2. The van der Waals surface area contributed by atoms with Gasteiger partial charge in [-0.05, 0) is 31.0 Å². The first-order valence-electron chi connectivity index (χ1n) is 6.93. The van der Waals surface area contributed by atoms with Crippen molar-refractivity contribution >= 4 is 40.7 Å². The zero-order valence-electron chi connectivity index (χ0n) is 12.7. The quantitative estimate of drug-likeness (QED) is 0.717. The normalized spacial score (nSPS) is 14.8. The second-order valence-electron chi connectivity index (χ2n) is 5.46. The van der Waals surface area contributed by atoms with Crippen LogP contribution < -0.4 is 10.6 Å². The molecular formula is C15H20Cl2N2O3. The molecule has 0 radical (unpaired) electrons. The molecule has 122 valence electrons. The molecule has 0 aliphatic carbocycles. The van der Waals surface area contributed by atoms with Gasteiger partial charge in [-0.15, -0.1) is 0 Å². The fraction of sp³-hybridized carbons (Fsp3) is 0.467. The molecule has 0 aliphatic heterocycles. The van der Waals surface area contributed by atoms with Crippen LogP contribution >= 0.6 is 23.2 Å². The van der Waals surface area contributed by atoms with E-state index in [1.807, 2.05) is 13.8 Å². The summed E-state index contributed by atoms with van der Waals surface area (Å²) in [6.07, 6.45) is 0.760. The summed E-state index contributed by atoms with van der Waals surface area (Å²) in [5.41, 5.74) is -0.754. The highest BCUT2D eigenvalue weighted by Crippen LogP contribution is 2.22. The topological polar surface area (TPSA) is 78.4 Å². The molecule has 1 aromatic rings. The van der Waals surface area contributed by atoms with Crippen LogP contribution in [0.5, 0.6) is 0 Å². The number of carbonyl (C=O) groups excluding carboxylic acids is 2.